The lowest BCUT2D eigenvalue weighted by atomic mass is 9.95. The molecule has 4 heteroatoms. The largest absolute Gasteiger partial charge is 0.361 e. The van der Waals surface area contributed by atoms with Gasteiger partial charge < -0.3 is 10.3 Å². The van der Waals surface area contributed by atoms with E-state index in [9.17, 15) is 10.1 Å². The van der Waals surface area contributed by atoms with Gasteiger partial charge in [0.05, 0.1) is 0 Å². The lowest BCUT2D eigenvalue weighted by molar-refractivity contribution is -0.117. The highest BCUT2D eigenvalue weighted by molar-refractivity contribution is 6.04. The van der Waals surface area contributed by atoms with Crippen LogP contribution in [-0.2, 0) is 4.79 Å². The standard InChI is InChI=1S/C18H19N3O/c19-11-13(18(22)21-15-6-2-1-3-7-15)10-14-12-20-17-9-5-4-8-16(14)17/h4-5,8-10,12,15,20H,1-3,6-7H2,(H,21,22). The van der Waals surface area contributed by atoms with Gasteiger partial charge in [-0.25, -0.2) is 0 Å². The fourth-order valence-corrected chi connectivity index (χ4v) is 3.03. The van der Waals surface area contributed by atoms with Crippen LogP contribution in [0.3, 0.4) is 0 Å². The number of nitriles is 1. The predicted molar refractivity (Wildman–Crippen MR) is 86.9 cm³/mol. The molecule has 0 unspecified atom stereocenters. The Labute approximate surface area is 129 Å². The van der Waals surface area contributed by atoms with E-state index in [4.69, 9.17) is 0 Å². The number of aromatic amines is 1. The van der Waals surface area contributed by atoms with E-state index in [-0.39, 0.29) is 17.5 Å². The van der Waals surface area contributed by atoms with Crippen LogP contribution in [0.4, 0.5) is 0 Å². The van der Waals surface area contributed by atoms with Gasteiger partial charge in [-0.15, -0.1) is 0 Å². The number of amides is 1. The van der Waals surface area contributed by atoms with Crippen molar-refractivity contribution in [1.29, 1.82) is 5.26 Å². The van der Waals surface area contributed by atoms with E-state index in [1.165, 1.54) is 6.42 Å². The van der Waals surface area contributed by atoms with Crippen molar-refractivity contribution in [2.24, 2.45) is 0 Å². The smallest absolute Gasteiger partial charge is 0.262 e. The zero-order valence-corrected chi connectivity index (χ0v) is 12.4. The van der Waals surface area contributed by atoms with Crippen LogP contribution < -0.4 is 5.32 Å². The Morgan fingerprint density at radius 2 is 2.05 bits per heavy atom. The van der Waals surface area contributed by atoms with Crippen molar-refractivity contribution in [2.75, 3.05) is 0 Å². The molecule has 2 aromatic rings. The zero-order valence-electron chi connectivity index (χ0n) is 12.4. The van der Waals surface area contributed by atoms with Gasteiger partial charge in [0.2, 0.25) is 0 Å². The lowest BCUT2D eigenvalue weighted by Gasteiger charge is -2.22. The van der Waals surface area contributed by atoms with E-state index in [1.807, 2.05) is 36.5 Å². The van der Waals surface area contributed by atoms with Crippen LogP contribution in [0, 0.1) is 11.3 Å². The number of nitrogens with one attached hydrogen (secondary N) is 2. The maximum absolute atomic E-state index is 12.3. The topological polar surface area (TPSA) is 68.7 Å². The Hall–Kier alpha value is -2.54. The number of benzene rings is 1. The molecule has 1 aromatic heterocycles. The summed E-state index contributed by atoms with van der Waals surface area (Å²) in [6.45, 7) is 0. The first-order chi connectivity index (χ1) is 10.8. The normalized spacial score (nSPS) is 16.4. The van der Waals surface area contributed by atoms with Gasteiger partial charge in [-0.3, -0.25) is 4.79 Å². The number of para-hydroxylation sites is 1. The number of H-pyrrole nitrogens is 1. The van der Waals surface area contributed by atoms with Gasteiger partial charge in [0, 0.05) is 28.7 Å². The number of nitrogens with zero attached hydrogens (tertiary/aromatic N) is 1. The molecular formula is C18H19N3O. The Morgan fingerprint density at radius 3 is 2.82 bits per heavy atom. The Balaban J connectivity index is 1.80. The molecule has 2 N–H and O–H groups in total. The second-order valence-corrected chi connectivity index (χ2v) is 5.77. The quantitative estimate of drug-likeness (QED) is 0.671. The van der Waals surface area contributed by atoms with Gasteiger partial charge in [-0.05, 0) is 25.0 Å². The summed E-state index contributed by atoms with van der Waals surface area (Å²) in [5.74, 6) is -0.264. The van der Waals surface area contributed by atoms with E-state index >= 15 is 0 Å². The zero-order chi connectivity index (χ0) is 15.4. The van der Waals surface area contributed by atoms with Gasteiger partial charge >= 0.3 is 0 Å². The molecule has 0 bridgehead atoms. The van der Waals surface area contributed by atoms with Crippen molar-refractivity contribution >= 4 is 22.9 Å². The molecule has 3 rings (SSSR count). The van der Waals surface area contributed by atoms with Gasteiger partial charge in [-0.1, -0.05) is 37.5 Å². The molecule has 1 fully saturated rings. The fourth-order valence-electron chi connectivity index (χ4n) is 3.03. The highest BCUT2D eigenvalue weighted by Gasteiger charge is 2.18. The third kappa shape index (κ3) is 3.04. The van der Waals surface area contributed by atoms with Crippen LogP contribution in [0.15, 0.2) is 36.0 Å². The summed E-state index contributed by atoms with van der Waals surface area (Å²) in [5.41, 5.74) is 2.03. The first-order valence-corrected chi connectivity index (χ1v) is 7.76. The van der Waals surface area contributed by atoms with Crippen molar-refractivity contribution in [3.05, 3.63) is 41.6 Å². The highest BCUT2D eigenvalue weighted by Crippen LogP contribution is 2.21. The Morgan fingerprint density at radius 1 is 1.27 bits per heavy atom. The number of aromatic nitrogens is 1. The molecule has 0 aliphatic heterocycles. The number of fused-ring (bicyclic) bond motifs is 1. The van der Waals surface area contributed by atoms with Crippen molar-refractivity contribution < 1.29 is 4.79 Å². The third-order valence-corrected chi connectivity index (χ3v) is 4.23. The maximum atomic E-state index is 12.3. The Bertz CT molecular complexity index is 745. The summed E-state index contributed by atoms with van der Waals surface area (Å²) in [6.07, 6.45) is 9.06. The molecule has 1 aromatic carbocycles. The molecule has 4 nitrogen and oxygen atoms in total. The predicted octanol–water partition coefficient (Wildman–Crippen LogP) is 3.52. The fraction of sp³-hybridized carbons (Fsp3) is 0.333. The number of rotatable bonds is 3. The van der Waals surface area contributed by atoms with Crippen LogP contribution in [0.25, 0.3) is 17.0 Å². The Kier molecular flexibility index (Phi) is 4.24. The van der Waals surface area contributed by atoms with Crippen molar-refractivity contribution in [3.63, 3.8) is 0 Å². The van der Waals surface area contributed by atoms with E-state index in [1.54, 1.807) is 6.08 Å². The summed E-state index contributed by atoms with van der Waals surface area (Å²) in [5, 5.41) is 13.3. The van der Waals surface area contributed by atoms with Gasteiger partial charge in [0.1, 0.15) is 11.6 Å². The minimum absolute atomic E-state index is 0.162. The average molecular weight is 293 g/mol. The number of hydrogen-bond donors (Lipinski definition) is 2. The first kappa shape index (κ1) is 14.4. The third-order valence-electron chi connectivity index (χ3n) is 4.23. The van der Waals surface area contributed by atoms with Gasteiger partial charge in [0.25, 0.3) is 5.91 Å². The average Bonchev–Trinajstić information content (AvgIpc) is 2.96. The van der Waals surface area contributed by atoms with Crippen LogP contribution in [-0.4, -0.2) is 16.9 Å². The summed E-state index contributed by atoms with van der Waals surface area (Å²) in [6, 6.07) is 10.1. The molecule has 0 atom stereocenters. The molecule has 22 heavy (non-hydrogen) atoms. The molecule has 0 radical (unpaired) electrons. The van der Waals surface area contributed by atoms with Crippen molar-refractivity contribution in [1.82, 2.24) is 10.3 Å². The SMILES string of the molecule is N#CC(=Cc1c[nH]c2ccccc12)C(=O)NC1CCCCC1. The lowest BCUT2D eigenvalue weighted by Crippen LogP contribution is -2.36. The first-order valence-electron chi connectivity index (χ1n) is 7.76. The molecule has 0 spiro atoms. The van der Waals surface area contributed by atoms with E-state index in [0.29, 0.717) is 0 Å². The minimum atomic E-state index is -0.264. The van der Waals surface area contributed by atoms with Crippen molar-refractivity contribution in [2.45, 2.75) is 38.1 Å². The minimum Gasteiger partial charge on any atom is -0.361 e. The summed E-state index contributed by atoms with van der Waals surface area (Å²) in [4.78, 5) is 15.4. The molecule has 112 valence electrons. The van der Waals surface area contributed by atoms with Crippen LogP contribution in [0.5, 0.6) is 0 Å². The highest BCUT2D eigenvalue weighted by atomic mass is 16.1. The molecule has 1 heterocycles. The molecule has 1 aliphatic carbocycles. The molecule has 1 amide bonds. The summed E-state index contributed by atoms with van der Waals surface area (Å²) >= 11 is 0. The van der Waals surface area contributed by atoms with Crippen LogP contribution in [0.2, 0.25) is 0 Å². The molecule has 0 saturated heterocycles. The second kappa shape index (κ2) is 6.48. The van der Waals surface area contributed by atoms with Gasteiger partial charge in [0.15, 0.2) is 0 Å². The number of carbonyl (C=O) groups excluding carboxylic acids is 1. The maximum Gasteiger partial charge on any atom is 0.262 e. The molecule has 1 aliphatic rings. The monoisotopic (exact) mass is 293 g/mol. The van der Waals surface area contributed by atoms with Crippen LogP contribution in [0.1, 0.15) is 37.7 Å². The van der Waals surface area contributed by atoms with E-state index < -0.39 is 0 Å². The van der Waals surface area contributed by atoms with Gasteiger partial charge in [-0.2, -0.15) is 5.26 Å². The molecule has 1 saturated carbocycles. The number of hydrogen-bond acceptors (Lipinski definition) is 2. The van der Waals surface area contributed by atoms with Crippen LogP contribution >= 0.6 is 0 Å². The number of carbonyl (C=O) groups is 1. The summed E-state index contributed by atoms with van der Waals surface area (Å²) in [7, 11) is 0. The van der Waals surface area contributed by atoms with E-state index in [0.717, 1.165) is 42.1 Å². The van der Waals surface area contributed by atoms with E-state index in [2.05, 4.69) is 10.3 Å². The second-order valence-electron chi connectivity index (χ2n) is 5.77. The summed E-state index contributed by atoms with van der Waals surface area (Å²) < 4.78 is 0. The molecular weight excluding hydrogens is 274 g/mol. The van der Waals surface area contributed by atoms with Crippen molar-refractivity contribution in [3.8, 4) is 6.07 Å².